The van der Waals surface area contributed by atoms with Crippen LogP contribution in [0.3, 0.4) is 0 Å². The molecule has 0 aliphatic carbocycles. The molecule has 0 aliphatic rings. The molecule has 0 radical (unpaired) electrons. The Labute approximate surface area is 140 Å². The topological polar surface area (TPSA) is 110 Å². The smallest absolute Gasteiger partial charge is 0.271 e. The van der Waals surface area contributed by atoms with Crippen LogP contribution in [0.15, 0.2) is 28.6 Å². The normalized spacial score (nSPS) is 10.3. The maximum Gasteiger partial charge on any atom is 0.271 e. The molecule has 23 heavy (non-hydrogen) atoms. The Morgan fingerprint density at radius 1 is 1.43 bits per heavy atom. The Bertz CT molecular complexity index is 692. The second-order valence-corrected chi connectivity index (χ2v) is 6.64. The predicted octanol–water partition coefficient (Wildman–Crippen LogP) is 3.00. The van der Waals surface area contributed by atoms with Crippen LogP contribution in [0.2, 0.25) is 0 Å². The van der Waals surface area contributed by atoms with Gasteiger partial charge in [-0.1, -0.05) is 36.1 Å². The van der Waals surface area contributed by atoms with Gasteiger partial charge in [-0.2, -0.15) is 0 Å². The van der Waals surface area contributed by atoms with Crippen molar-refractivity contribution >= 4 is 45.5 Å². The van der Waals surface area contributed by atoms with Gasteiger partial charge in [0.05, 0.1) is 10.7 Å². The van der Waals surface area contributed by atoms with Crippen LogP contribution in [0.1, 0.15) is 13.3 Å². The molecule has 122 valence electrons. The largest absolute Gasteiger partial charge is 0.360 e. The Morgan fingerprint density at radius 3 is 3.00 bits per heavy atom. The number of amides is 1. The van der Waals surface area contributed by atoms with E-state index in [1.165, 1.54) is 41.3 Å². The molecule has 2 N–H and O–H groups in total. The molecule has 0 spiro atoms. The lowest BCUT2D eigenvalue weighted by Gasteiger charge is -2.03. The number of hydrogen-bond acceptors (Lipinski definition) is 8. The summed E-state index contributed by atoms with van der Waals surface area (Å²) in [7, 11) is 0. The molecule has 10 heteroatoms. The summed E-state index contributed by atoms with van der Waals surface area (Å²) in [5.74, 6) is -0.0979. The number of aromatic nitrogens is 2. The number of nitro groups is 1. The SMILES string of the molecule is CCCNc1nnc(SCC(=O)Nc2cccc([N+](=O)[O-])c2)s1. The van der Waals surface area contributed by atoms with Gasteiger partial charge in [-0.05, 0) is 12.5 Å². The lowest BCUT2D eigenvalue weighted by molar-refractivity contribution is -0.384. The molecule has 0 aliphatic heterocycles. The van der Waals surface area contributed by atoms with E-state index in [0.717, 1.165) is 18.1 Å². The predicted molar refractivity (Wildman–Crippen MR) is 91.1 cm³/mol. The van der Waals surface area contributed by atoms with E-state index in [1.54, 1.807) is 6.07 Å². The molecule has 8 nitrogen and oxygen atoms in total. The van der Waals surface area contributed by atoms with Crippen molar-refractivity contribution in [3.05, 3.63) is 34.4 Å². The van der Waals surface area contributed by atoms with Gasteiger partial charge < -0.3 is 10.6 Å². The number of nitro benzene ring substituents is 1. The zero-order chi connectivity index (χ0) is 16.7. The lowest BCUT2D eigenvalue weighted by Crippen LogP contribution is -2.14. The highest BCUT2D eigenvalue weighted by atomic mass is 32.2. The van der Waals surface area contributed by atoms with Crippen LogP contribution in [0.4, 0.5) is 16.5 Å². The summed E-state index contributed by atoms with van der Waals surface area (Å²) >= 11 is 2.66. The van der Waals surface area contributed by atoms with Crippen molar-refractivity contribution in [2.45, 2.75) is 17.7 Å². The third-order valence-corrected chi connectivity index (χ3v) is 4.61. The number of nitrogens with one attached hydrogen (secondary N) is 2. The quantitative estimate of drug-likeness (QED) is 0.426. The average Bonchev–Trinajstić information content (AvgIpc) is 2.99. The van der Waals surface area contributed by atoms with Crippen molar-refractivity contribution in [3.63, 3.8) is 0 Å². The molecule has 1 aromatic heterocycles. The van der Waals surface area contributed by atoms with E-state index in [2.05, 4.69) is 27.8 Å². The minimum Gasteiger partial charge on any atom is -0.360 e. The van der Waals surface area contributed by atoms with Gasteiger partial charge in [0.15, 0.2) is 4.34 Å². The molecule has 1 amide bonds. The van der Waals surface area contributed by atoms with Gasteiger partial charge >= 0.3 is 0 Å². The number of non-ortho nitro benzene ring substituents is 1. The molecule has 0 unspecified atom stereocenters. The summed E-state index contributed by atoms with van der Waals surface area (Å²) in [4.78, 5) is 22.1. The summed E-state index contributed by atoms with van der Waals surface area (Å²) in [6.07, 6.45) is 0.994. The fourth-order valence-electron chi connectivity index (χ4n) is 1.59. The highest BCUT2D eigenvalue weighted by molar-refractivity contribution is 8.01. The minimum atomic E-state index is -0.503. The van der Waals surface area contributed by atoms with E-state index in [0.29, 0.717) is 10.0 Å². The van der Waals surface area contributed by atoms with Crippen LogP contribution < -0.4 is 10.6 Å². The van der Waals surface area contributed by atoms with Crippen LogP contribution >= 0.6 is 23.1 Å². The van der Waals surface area contributed by atoms with Crippen molar-refractivity contribution in [3.8, 4) is 0 Å². The molecule has 0 bridgehead atoms. The van der Waals surface area contributed by atoms with E-state index >= 15 is 0 Å². The van der Waals surface area contributed by atoms with E-state index in [1.807, 2.05) is 0 Å². The highest BCUT2D eigenvalue weighted by Gasteiger charge is 2.10. The summed E-state index contributed by atoms with van der Waals surface area (Å²) in [6.45, 7) is 2.88. The van der Waals surface area contributed by atoms with Gasteiger partial charge in [-0.3, -0.25) is 14.9 Å². The molecule has 0 atom stereocenters. The van der Waals surface area contributed by atoms with Gasteiger partial charge in [0, 0.05) is 24.4 Å². The zero-order valence-electron chi connectivity index (χ0n) is 12.3. The highest BCUT2D eigenvalue weighted by Crippen LogP contribution is 2.25. The number of rotatable bonds is 8. The monoisotopic (exact) mass is 353 g/mol. The van der Waals surface area contributed by atoms with Crippen LogP contribution in [0.5, 0.6) is 0 Å². The second kappa shape index (κ2) is 8.44. The molecular formula is C13H15N5O3S2. The molecule has 2 rings (SSSR count). The van der Waals surface area contributed by atoms with E-state index in [9.17, 15) is 14.9 Å². The first kappa shape index (κ1) is 17.2. The Morgan fingerprint density at radius 2 is 2.26 bits per heavy atom. The van der Waals surface area contributed by atoms with Crippen LogP contribution in [0, 0.1) is 10.1 Å². The standard InChI is InChI=1S/C13H15N5O3S2/c1-2-6-14-12-16-17-13(23-12)22-8-11(19)15-9-4-3-5-10(7-9)18(20)21/h3-5,7H,2,6,8H2,1H3,(H,14,16)(H,15,19). The lowest BCUT2D eigenvalue weighted by atomic mass is 10.3. The van der Waals surface area contributed by atoms with Crippen LogP contribution in [-0.4, -0.2) is 33.3 Å². The zero-order valence-corrected chi connectivity index (χ0v) is 13.9. The molecule has 0 saturated heterocycles. The summed E-state index contributed by atoms with van der Waals surface area (Å²) in [5, 5.41) is 25.1. The third-order valence-electron chi connectivity index (χ3n) is 2.60. The number of benzene rings is 1. The van der Waals surface area contributed by atoms with E-state index < -0.39 is 4.92 Å². The summed E-state index contributed by atoms with van der Waals surface area (Å²) in [5.41, 5.74) is 0.332. The fourth-order valence-corrected chi connectivity index (χ4v) is 3.17. The van der Waals surface area contributed by atoms with E-state index in [4.69, 9.17) is 0 Å². The third kappa shape index (κ3) is 5.49. The number of nitrogens with zero attached hydrogens (tertiary/aromatic N) is 3. The maximum atomic E-state index is 11.9. The van der Waals surface area contributed by atoms with Gasteiger partial charge in [0.1, 0.15) is 0 Å². The van der Waals surface area contributed by atoms with Crippen molar-refractivity contribution in [1.82, 2.24) is 10.2 Å². The Kier molecular flexibility index (Phi) is 6.29. The molecule has 2 aromatic rings. The average molecular weight is 353 g/mol. The molecular weight excluding hydrogens is 338 g/mol. The van der Waals surface area contributed by atoms with Crippen LogP contribution in [-0.2, 0) is 4.79 Å². The summed E-state index contributed by atoms with van der Waals surface area (Å²) in [6, 6.07) is 5.82. The van der Waals surface area contributed by atoms with Crippen molar-refractivity contribution in [1.29, 1.82) is 0 Å². The van der Waals surface area contributed by atoms with Gasteiger partial charge in [-0.25, -0.2) is 0 Å². The maximum absolute atomic E-state index is 11.9. The Balaban J connectivity index is 1.84. The number of carbonyl (C=O) groups is 1. The first-order valence-electron chi connectivity index (χ1n) is 6.83. The number of carbonyl (C=O) groups excluding carboxylic acids is 1. The Hall–Kier alpha value is -2.20. The number of thioether (sulfide) groups is 1. The molecule has 0 fully saturated rings. The molecule has 1 heterocycles. The first-order chi connectivity index (χ1) is 11.1. The van der Waals surface area contributed by atoms with Gasteiger partial charge in [0.2, 0.25) is 11.0 Å². The van der Waals surface area contributed by atoms with E-state index in [-0.39, 0.29) is 17.3 Å². The van der Waals surface area contributed by atoms with Crippen molar-refractivity contribution in [2.75, 3.05) is 22.9 Å². The fraction of sp³-hybridized carbons (Fsp3) is 0.308. The van der Waals surface area contributed by atoms with Crippen molar-refractivity contribution < 1.29 is 9.72 Å². The summed E-state index contributed by atoms with van der Waals surface area (Å²) < 4.78 is 0.692. The van der Waals surface area contributed by atoms with Crippen LogP contribution in [0.25, 0.3) is 0 Å². The van der Waals surface area contributed by atoms with Crippen molar-refractivity contribution in [2.24, 2.45) is 0 Å². The minimum absolute atomic E-state index is 0.0637. The first-order valence-corrected chi connectivity index (χ1v) is 8.63. The van der Waals surface area contributed by atoms with Gasteiger partial charge in [0.25, 0.3) is 5.69 Å². The molecule has 0 saturated carbocycles. The number of hydrogen-bond donors (Lipinski definition) is 2. The number of anilines is 2. The van der Waals surface area contributed by atoms with Gasteiger partial charge in [-0.15, -0.1) is 10.2 Å². The second-order valence-electron chi connectivity index (χ2n) is 4.44. The molecule has 1 aromatic carbocycles.